The van der Waals surface area contributed by atoms with Gasteiger partial charge in [0.1, 0.15) is 11.6 Å². The van der Waals surface area contributed by atoms with E-state index in [0.29, 0.717) is 25.1 Å². The number of Topliss-reactive ketones (excluding diaryl/α,β-unsaturated/α-hetero) is 2. The molecule has 0 unspecified atom stereocenters. The van der Waals surface area contributed by atoms with Crippen molar-refractivity contribution in [3.05, 3.63) is 0 Å². The highest BCUT2D eigenvalue weighted by molar-refractivity contribution is 6.17. The second-order valence-electron chi connectivity index (χ2n) is 4.18. The number of hydrogen-bond acceptors (Lipinski definition) is 2. The van der Waals surface area contributed by atoms with Crippen LogP contribution in [0.1, 0.15) is 45.4 Å². The zero-order chi connectivity index (χ0) is 10.6. The lowest BCUT2D eigenvalue weighted by molar-refractivity contribution is -0.143. The maximum Gasteiger partial charge on any atom is 0.146 e. The molecule has 0 atom stereocenters. The summed E-state index contributed by atoms with van der Waals surface area (Å²) in [6.07, 6.45) is 4.32. The van der Waals surface area contributed by atoms with Gasteiger partial charge in [0, 0.05) is 18.7 Å². The van der Waals surface area contributed by atoms with Crippen molar-refractivity contribution in [2.24, 2.45) is 5.41 Å². The van der Waals surface area contributed by atoms with Gasteiger partial charge in [-0.2, -0.15) is 0 Å². The van der Waals surface area contributed by atoms with E-state index in [2.05, 4.69) is 0 Å². The van der Waals surface area contributed by atoms with Crippen LogP contribution in [0.25, 0.3) is 0 Å². The van der Waals surface area contributed by atoms with Gasteiger partial charge in [0.15, 0.2) is 0 Å². The van der Waals surface area contributed by atoms with Crippen LogP contribution in [0.4, 0.5) is 0 Å². The molecule has 14 heavy (non-hydrogen) atoms. The van der Waals surface area contributed by atoms with Crippen molar-refractivity contribution in [3.8, 4) is 0 Å². The number of ketones is 2. The first-order chi connectivity index (χ1) is 6.61. The highest BCUT2D eigenvalue weighted by Gasteiger charge is 2.41. The fourth-order valence-corrected chi connectivity index (χ4v) is 2.16. The Balaban J connectivity index is 2.58. The molecule has 80 valence electrons. The standard InChI is InChI=1S/C11H17ClO2/c1-11(7-2-3-8-12)9(13)5-4-6-10(11)14/h2-8H2,1H3. The Bertz CT molecular complexity index is 219. The van der Waals surface area contributed by atoms with Crippen LogP contribution in [0.2, 0.25) is 0 Å². The van der Waals surface area contributed by atoms with Gasteiger partial charge in [-0.3, -0.25) is 9.59 Å². The number of alkyl halides is 1. The molecule has 0 saturated heterocycles. The summed E-state index contributed by atoms with van der Waals surface area (Å²) < 4.78 is 0. The van der Waals surface area contributed by atoms with Gasteiger partial charge in [-0.25, -0.2) is 0 Å². The molecule has 1 aliphatic carbocycles. The molecule has 1 fully saturated rings. The summed E-state index contributed by atoms with van der Waals surface area (Å²) in [5.41, 5.74) is -0.690. The molecule has 0 spiro atoms. The highest BCUT2D eigenvalue weighted by atomic mass is 35.5. The molecule has 0 aliphatic heterocycles. The molecule has 0 bridgehead atoms. The Morgan fingerprint density at radius 2 is 1.79 bits per heavy atom. The Hall–Kier alpha value is -0.370. The maximum absolute atomic E-state index is 11.7. The molecule has 2 nitrogen and oxygen atoms in total. The van der Waals surface area contributed by atoms with Crippen molar-refractivity contribution in [2.75, 3.05) is 5.88 Å². The van der Waals surface area contributed by atoms with E-state index in [1.165, 1.54) is 0 Å². The fourth-order valence-electron chi connectivity index (χ4n) is 1.97. The summed E-state index contributed by atoms with van der Waals surface area (Å²) in [5.74, 6) is 0.866. The van der Waals surface area contributed by atoms with E-state index in [1.54, 1.807) is 6.92 Å². The van der Waals surface area contributed by atoms with E-state index < -0.39 is 5.41 Å². The molecule has 0 aromatic heterocycles. The molecule has 0 heterocycles. The topological polar surface area (TPSA) is 34.1 Å². The minimum Gasteiger partial charge on any atom is -0.299 e. The molecule has 0 aromatic rings. The monoisotopic (exact) mass is 216 g/mol. The van der Waals surface area contributed by atoms with Crippen LogP contribution < -0.4 is 0 Å². The van der Waals surface area contributed by atoms with E-state index in [9.17, 15) is 9.59 Å². The average molecular weight is 217 g/mol. The molecule has 3 heteroatoms. The summed E-state index contributed by atoms with van der Waals surface area (Å²) in [7, 11) is 0. The van der Waals surface area contributed by atoms with Gasteiger partial charge < -0.3 is 0 Å². The molecule has 1 rings (SSSR count). The third-order valence-electron chi connectivity index (χ3n) is 3.10. The molecule has 0 N–H and O–H groups in total. The Morgan fingerprint density at radius 1 is 1.21 bits per heavy atom. The molecular formula is C11H17ClO2. The number of carbonyl (C=O) groups is 2. The second-order valence-corrected chi connectivity index (χ2v) is 4.56. The first-order valence-electron chi connectivity index (χ1n) is 5.24. The Morgan fingerprint density at radius 3 is 2.29 bits per heavy atom. The van der Waals surface area contributed by atoms with Crippen LogP contribution in [0.3, 0.4) is 0 Å². The minimum absolute atomic E-state index is 0.128. The van der Waals surface area contributed by atoms with E-state index in [1.807, 2.05) is 0 Å². The fraction of sp³-hybridized carbons (Fsp3) is 0.818. The second kappa shape index (κ2) is 4.92. The van der Waals surface area contributed by atoms with Crippen molar-refractivity contribution in [1.82, 2.24) is 0 Å². The minimum atomic E-state index is -0.690. The lowest BCUT2D eigenvalue weighted by Gasteiger charge is -2.30. The summed E-state index contributed by atoms with van der Waals surface area (Å²) in [6.45, 7) is 1.80. The van der Waals surface area contributed by atoms with Crippen molar-refractivity contribution < 1.29 is 9.59 Å². The zero-order valence-electron chi connectivity index (χ0n) is 8.64. The van der Waals surface area contributed by atoms with E-state index in [-0.39, 0.29) is 11.6 Å². The van der Waals surface area contributed by atoms with Crippen LogP contribution in [0.5, 0.6) is 0 Å². The first kappa shape index (κ1) is 11.7. The summed E-state index contributed by atoms with van der Waals surface area (Å²) in [5, 5.41) is 0. The van der Waals surface area contributed by atoms with Gasteiger partial charge in [0.2, 0.25) is 0 Å². The van der Waals surface area contributed by atoms with Crippen LogP contribution in [-0.2, 0) is 9.59 Å². The number of carbonyl (C=O) groups excluding carboxylic acids is 2. The SMILES string of the molecule is CC1(CCCCCl)C(=O)CCCC1=O. The third-order valence-corrected chi connectivity index (χ3v) is 3.37. The largest absolute Gasteiger partial charge is 0.299 e. The van der Waals surface area contributed by atoms with Gasteiger partial charge in [-0.05, 0) is 26.2 Å². The molecule has 1 saturated carbocycles. The third kappa shape index (κ3) is 2.35. The average Bonchev–Trinajstić information content (AvgIpc) is 2.15. The number of hydrogen-bond donors (Lipinski definition) is 0. The van der Waals surface area contributed by atoms with Gasteiger partial charge in [-0.15, -0.1) is 11.6 Å². The van der Waals surface area contributed by atoms with Crippen LogP contribution in [0.15, 0.2) is 0 Å². The Kier molecular flexibility index (Phi) is 4.11. The number of halogens is 1. The predicted molar refractivity (Wildman–Crippen MR) is 56.5 cm³/mol. The van der Waals surface area contributed by atoms with Crippen molar-refractivity contribution in [2.45, 2.75) is 45.4 Å². The molecule has 0 amide bonds. The number of rotatable bonds is 4. The van der Waals surface area contributed by atoms with E-state index >= 15 is 0 Å². The number of unbranched alkanes of at least 4 members (excludes halogenated alkanes) is 1. The predicted octanol–water partition coefficient (Wildman–Crippen LogP) is 2.72. The summed E-state index contributed by atoms with van der Waals surface area (Å²) >= 11 is 5.57. The smallest absolute Gasteiger partial charge is 0.146 e. The highest BCUT2D eigenvalue weighted by Crippen LogP contribution is 2.34. The zero-order valence-corrected chi connectivity index (χ0v) is 9.40. The quantitative estimate of drug-likeness (QED) is 0.411. The summed E-state index contributed by atoms with van der Waals surface area (Å²) in [6, 6.07) is 0. The lowest BCUT2D eigenvalue weighted by atomic mass is 9.70. The molecule has 1 aliphatic rings. The van der Waals surface area contributed by atoms with Crippen LogP contribution in [-0.4, -0.2) is 17.4 Å². The lowest BCUT2D eigenvalue weighted by Crippen LogP contribution is -2.39. The molecular weight excluding hydrogens is 200 g/mol. The van der Waals surface area contributed by atoms with E-state index in [4.69, 9.17) is 11.6 Å². The maximum atomic E-state index is 11.7. The van der Waals surface area contributed by atoms with Gasteiger partial charge in [0.05, 0.1) is 5.41 Å². The normalized spacial score (nSPS) is 21.3. The molecule has 0 aromatic carbocycles. The van der Waals surface area contributed by atoms with Crippen molar-refractivity contribution in [1.29, 1.82) is 0 Å². The van der Waals surface area contributed by atoms with Gasteiger partial charge in [0.25, 0.3) is 0 Å². The van der Waals surface area contributed by atoms with E-state index in [0.717, 1.165) is 19.3 Å². The van der Waals surface area contributed by atoms with Crippen molar-refractivity contribution in [3.63, 3.8) is 0 Å². The van der Waals surface area contributed by atoms with Gasteiger partial charge in [-0.1, -0.05) is 6.42 Å². The van der Waals surface area contributed by atoms with Gasteiger partial charge >= 0.3 is 0 Å². The Labute approximate surface area is 90.0 Å². The van der Waals surface area contributed by atoms with Crippen LogP contribution in [0, 0.1) is 5.41 Å². The first-order valence-corrected chi connectivity index (χ1v) is 5.77. The van der Waals surface area contributed by atoms with Crippen molar-refractivity contribution >= 4 is 23.2 Å². The van der Waals surface area contributed by atoms with Crippen LogP contribution >= 0.6 is 11.6 Å². The molecule has 0 radical (unpaired) electrons. The summed E-state index contributed by atoms with van der Waals surface area (Å²) in [4.78, 5) is 23.3.